The summed E-state index contributed by atoms with van der Waals surface area (Å²) in [5, 5.41) is 13.7. The maximum absolute atomic E-state index is 12.6. The number of urea groups is 1. The maximum Gasteiger partial charge on any atom is 0.318 e. The van der Waals surface area contributed by atoms with E-state index >= 15 is 0 Å². The Morgan fingerprint density at radius 1 is 1.42 bits per heavy atom. The number of carbonyl (C=O) groups excluding carboxylic acids is 1. The standard InChI is InChI=1S/C17H19N3O4/c1-12(16-6-3-9-24-16)19(14-7-8-14)17(21)18-11-13-4-2-5-15(10-13)20(22)23/h2-6,9-10,12,14H,7-8,11H2,1H3,(H,18,21). The lowest BCUT2D eigenvalue weighted by molar-refractivity contribution is -0.384. The molecule has 1 atom stereocenters. The van der Waals surface area contributed by atoms with Crippen molar-refractivity contribution in [3.8, 4) is 0 Å². The molecule has 1 fully saturated rings. The van der Waals surface area contributed by atoms with Gasteiger partial charge in [-0.3, -0.25) is 10.1 Å². The van der Waals surface area contributed by atoms with E-state index in [0.29, 0.717) is 5.56 Å². The highest BCUT2D eigenvalue weighted by molar-refractivity contribution is 5.75. The first kappa shape index (κ1) is 16.0. The molecule has 2 amide bonds. The molecule has 1 saturated carbocycles. The van der Waals surface area contributed by atoms with Gasteiger partial charge in [0, 0.05) is 24.7 Å². The summed E-state index contributed by atoms with van der Waals surface area (Å²) >= 11 is 0. The maximum atomic E-state index is 12.6. The molecule has 0 aliphatic heterocycles. The van der Waals surface area contributed by atoms with E-state index in [9.17, 15) is 14.9 Å². The predicted octanol–water partition coefficient (Wildman–Crippen LogP) is 3.62. The summed E-state index contributed by atoms with van der Waals surface area (Å²) < 4.78 is 5.41. The molecule has 1 N–H and O–H groups in total. The normalized spacial score (nSPS) is 14.9. The van der Waals surface area contributed by atoms with Crippen LogP contribution < -0.4 is 5.32 Å². The first-order valence-electron chi connectivity index (χ1n) is 7.89. The summed E-state index contributed by atoms with van der Waals surface area (Å²) in [6.07, 6.45) is 3.56. The fraction of sp³-hybridized carbons (Fsp3) is 0.353. The van der Waals surface area contributed by atoms with Crippen LogP contribution in [0.4, 0.5) is 10.5 Å². The quantitative estimate of drug-likeness (QED) is 0.647. The van der Waals surface area contributed by atoms with Gasteiger partial charge in [-0.25, -0.2) is 4.79 Å². The van der Waals surface area contributed by atoms with Gasteiger partial charge in [0.1, 0.15) is 5.76 Å². The van der Waals surface area contributed by atoms with Crippen LogP contribution in [0, 0.1) is 10.1 Å². The van der Waals surface area contributed by atoms with E-state index in [1.54, 1.807) is 29.4 Å². The highest BCUT2D eigenvalue weighted by Crippen LogP contribution is 2.34. The molecule has 1 aromatic carbocycles. The molecule has 24 heavy (non-hydrogen) atoms. The van der Waals surface area contributed by atoms with Crippen molar-refractivity contribution in [2.75, 3.05) is 0 Å². The summed E-state index contributed by atoms with van der Waals surface area (Å²) in [6.45, 7) is 2.18. The topological polar surface area (TPSA) is 88.6 Å². The van der Waals surface area contributed by atoms with E-state index in [2.05, 4.69) is 5.32 Å². The summed E-state index contributed by atoms with van der Waals surface area (Å²) in [5.74, 6) is 0.743. The minimum absolute atomic E-state index is 0.0183. The zero-order valence-electron chi connectivity index (χ0n) is 13.3. The number of hydrogen-bond donors (Lipinski definition) is 1. The van der Waals surface area contributed by atoms with E-state index < -0.39 is 4.92 Å². The molecule has 1 unspecified atom stereocenters. The third kappa shape index (κ3) is 3.56. The third-order valence-electron chi connectivity index (χ3n) is 4.11. The number of hydrogen-bond acceptors (Lipinski definition) is 4. The monoisotopic (exact) mass is 329 g/mol. The zero-order valence-corrected chi connectivity index (χ0v) is 13.3. The molecule has 1 aliphatic carbocycles. The van der Waals surface area contributed by atoms with Gasteiger partial charge in [0.05, 0.1) is 17.2 Å². The van der Waals surface area contributed by atoms with E-state index in [0.717, 1.165) is 18.6 Å². The first-order valence-corrected chi connectivity index (χ1v) is 7.89. The Hall–Kier alpha value is -2.83. The number of benzene rings is 1. The number of nitrogens with zero attached hydrogens (tertiary/aromatic N) is 2. The zero-order chi connectivity index (χ0) is 17.1. The minimum Gasteiger partial charge on any atom is -0.467 e. The van der Waals surface area contributed by atoms with Crippen molar-refractivity contribution >= 4 is 11.7 Å². The first-order chi connectivity index (χ1) is 11.6. The van der Waals surface area contributed by atoms with Crippen LogP contribution >= 0.6 is 0 Å². The second-order valence-electron chi connectivity index (χ2n) is 5.92. The fourth-order valence-corrected chi connectivity index (χ4v) is 2.73. The number of amides is 2. The average molecular weight is 329 g/mol. The predicted molar refractivity (Wildman–Crippen MR) is 87.3 cm³/mol. The van der Waals surface area contributed by atoms with Gasteiger partial charge >= 0.3 is 6.03 Å². The molecule has 7 heteroatoms. The van der Waals surface area contributed by atoms with Gasteiger partial charge in [0.25, 0.3) is 5.69 Å². The second-order valence-corrected chi connectivity index (χ2v) is 5.92. The Kier molecular flexibility index (Phi) is 4.50. The number of nitro benzene ring substituents is 1. The van der Waals surface area contributed by atoms with Crippen molar-refractivity contribution in [2.24, 2.45) is 0 Å². The molecular weight excluding hydrogens is 310 g/mol. The molecule has 0 radical (unpaired) electrons. The highest BCUT2D eigenvalue weighted by atomic mass is 16.6. The molecule has 0 saturated heterocycles. The van der Waals surface area contributed by atoms with Crippen molar-refractivity contribution < 1.29 is 14.1 Å². The average Bonchev–Trinajstić information content (AvgIpc) is 3.25. The van der Waals surface area contributed by atoms with E-state index in [4.69, 9.17) is 4.42 Å². The van der Waals surface area contributed by atoms with Gasteiger partial charge in [-0.05, 0) is 37.5 Å². The van der Waals surface area contributed by atoms with Gasteiger partial charge in [-0.1, -0.05) is 12.1 Å². The minimum atomic E-state index is -0.444. The number of carbonyl (C=O) groups is 1. The van der Waals surface area contributed by atoms with E-state index in [-0.39, 0.29) is 30.3 Å². The number of nitrogens with one attached hydrogen (secondary N) is 1. The largest absolute Gasteiger partial charge is 0.467 e. The Morgan fingerprint density at radius 2 is 2.21 bits per heavy atom. The Morgan fingerprint density at radius 3 is 2.83 bits per heavy atom. The number of furan rings is 1. The van der Waals surface area contributed by atoms with Crippen LogP contribution in [0.15, 0.2) is 47.1 Å². The smallest absolute Gasteiger partial charge is 0.318 e. The van der Waals surface area contributed by atoms with Gasteiger partial charge in [-0.2, -0.15) is 0 Å². The SMILES string of the molecule is CC(c1ccco1)N(C(=O)NCc1cccc([N+](=O)[O-])c1)C1CC1. The fourth-order valence-electron chi connectivity index (χ4n) is 2.73. The van der Waals surface area contributed by atoms with E-state index in [1.807, 2.05) is 13.0 Å². The van der Waals surface area contributed by atoms with Crippen LogP contribution in [0.25, 0.3) is 0 Å². The Bertz CT molecular complexity index is 725. The molecule has 2 aromatic rings. The molecule has 3 rings (SSSR count). The Labute approximate surface area is 139 Å². The summed E-state index contributed by atoms with van der Waals surface area (Å²) in [4.78, 5) is 24.8. The van der Waals surface area contributed by atoms with E-state index in [1.165, 1.54) is 12.1 Å². The number of nitro groups is 1. The van der Waals surface area contributed by atoms with Crippen molar-refractivity contribution in [1.82, 2.24) is 10.2 Å². The van der Waals surface area contributed by atoms with Crippen LogP contribution in [-0.2, 0) is 6.54 Å². The summed E-state index contributed by atoms with van der Waals surface area (Å²) in [5.41, 5.74) is 0.712. The van der Waals surface area contributed by atoms with Gasteiger partial charge in [0.2, 0.25) is 0 Å². The lowest BCUT2D eigenvalue weighted by atomic mass is 10.2. The van der Waals surface area contributed by atoms with Crippen molar-refractivity contribution in [1.29, 1.82) is 0 Å². The van der Waals surface area contributed by atoms with Crippen LogP contribution in [-0.4, -0.2) is 21.9 Å². The molecule has 0 spiro atoms. The lowest BCUT2D eigenvalue weighted by Crippen LogP contribution is -2.42. The molecular formula is C17H19N3O4. The highest BCUT2D eigenvalue weighted by Gasteiger charge is 2.37. The van der Waals surface area contributed by atoms with Crippen LogP contribution in [0.2, 0.25) is 0 Å². The second kappa shape index (κ2) is 6.74. The van der Waals surface area contributed by atoms with Gasteiger partial charge < -0.3 is 14.6 Å². The van der Waals surface area contributed by atoms with Crippen molar-refractivity contribution in [2.45, 2.75) is 38.4 Å². The lowest BCUT2D eigenvalue weighted by Gasteiger charge is -2.28. The summed E-state index contributed by atoms with van der Waals surface area (Å²) in [6, 6.07) is 9.80. The molecule has 1 aromatic heterocycles. The number of non-ortho nitro benzene ring substituents is 1. The molecule has 0 bridgehead atoms. The Balaban J connectivity index is 1.66. The number of rotatable bonds is 6. The van der Waals surface area contributed by atoms with Gasteiger partial charge in [0.15, 0.2) is 0 Å². The molecule has 7 nitrogen and oxygen atoms in total. The summed E-state index contributed by atoms with van der Waals surface area (Å²) in [7, 11) is 0. The van der Waals surface area contributed by atoms with Crippen LogP contribution in [0.5, 0.6) is 0 Å². The van der Waals surface area contributed by atoms with Crippen molar-refractivity contribution in [3.05, 3.63) is 64.1 Å². The van der Waals surface area contributed by atoms with Crippen LogP contribution in [0.1, 0.15) is 37.1 Å². The molecule has 1 heterocycles. The van der Waals surface area contributed by atoms with Crippen LogP contribution in [0.3, 0.4) is 0 Å². The molecule has 1 aliphatic rings. The van der Waals surface area contributed by atoms with Gasteiger partial charge in [-0.15, -0.1) is 0 Å². The van der Waals surface area contributed by atoms with Crippen molar-refractivity contribution in [3.63, 3.8) is 0 Å². The molecule has 126 valence electrons. The third-order valence-corrected chi connectivity index (χ3v) is 4.11.